The summed E-state index contributed by atoms with van der Waals surface area (Å²) in [5, 5.41) is 13.9. The van der Waals surface area contributed by atoms with Crippen LogP contribution < -0.4 is 30.7 Å². The smallest absolute Gasteiger partial charge is 0.414 e. The summed E-state index contributed by atoms with van der Waals surface area (Å²) in [7, 11) is 1.16. The normalized spacial score (nSPS) is 11.7. The molecule has 0 aliphatic rings. The van der Waals surface area contributed by atoms with Gasteiger partial charge in [-0.05, 0) is 101 Å². The van der Waals surface area contributed by atoms with E-state index in [0.29, 0.717) is 18.1 Å². The summed E-state index contributed by atoms with van der Waals surface area (Å²) in [5.41, 5.74) is -0.271. The molecule has 4 amide bonds. The van der Waals surface area contributed by atoms with E-state index in [2.05, 4.69) is 39.4 Å². The number of guanidine groups is 1. The van der Waals surface area contributed by atoms with Crippen LogP contribution in [0.15, 0.2) is 127 Å². The van der Waals surface area contributed by atoms with Gasteiger partial charge in [-0.1, -0.05) is 92.0 Å². The molecule has 0 radical (unpaired) electrons. The van der Waals surface area contributed by atoms with Crippen LogP contribution in [0.4, 0.5) is 9.59 Å². The zero-order valence-electron chi connectivity index (χ0n) is 38.1. The Kier molecular flexibility index (Phi) is 18.4. The van der Waals surface area contributed by atoms with Crippen LogP contribution in [-0.2, 0) is 28.6 Å². The van der Waals surface area contributed by atoms with Crippen molar-refractivity contribution in [2.75, 3.05) is 26.9 Å². The highest BCUT2D eigenvalue weighted by Gasteiger charge is 2.23. The van der Waals surface area contributed by atoms with Crippen molar-refractivity contribution in [3.05, 3.63) is 122 Å². The molecule has 0 unspecified atom stereocenters. The Labute approximate surface area is 380 Å². The number of methoxy groups -OCH3 is 1. The summed E-state index contributed by atoms with van der Waals surface area (Å²) in [6.07, 6.45) is 4.76. The molecule has 4 N–H and O–H groups in total. The molecule has 15 nitrogen and oxygen atoms in total. The van der Waals surface area contributed by atoms with Gasteiger partial charge in [0.05, 0.1) is 13.7 Å². The second-order valence-electron chi connectivity index (χ2n) is 16.4. The van der Waals surface area contributed by atoms with Gasteiger partial charge in [0.15, 0.2) is 0 Å². The van der Waals surface area contributed by atoms with Crippen molar-refractivity contribution in [3.8, 4) is 22.6 Å². The maximum Gasteiger partial charge on any atom is 0.414 e. The van der Waals surface area contributed by atoms with Crippen molar-refractivity contribution < 1.29 is 47.7 Å². The summed E-state index contributed by atoms with van der Waals surface area (Å²) < 4.78 is 28.0. The molecule has 0 atom stereocenters. The number of carbonyl (C=O) groups is 5. The van der Waals surface area contributed by atoms with Crippen LogP contribution in [0.2, 0.25) is 0 Å². The average Bonchev–Trinajstić information content (AvgIpc) is 3.24. The summed E-state index contributed by atoms with van der Waals surface area (Å²) in [6.45, 7) is 18.0. The van der Waals surface area contributed by atoms with Crippen molar-refractivity contribution in [1.82, 2.24) is 21.3 Å². The van der Waals surface area contributed by atoms with Gasteiger partial charge >= 0.3 is 18.2 Å². The van der Waals surface area contributed by atoms with E-state index in [0.717, 1.165) is 39.8 Å². The molecular weight excluding hydrogens is 831 g/mol. The second-order valence-corrected chi connectivity index (χ2v) is 16.4. The minimum absolute atomic E-state index is 0.0256. The highest BCUT2D eigenvalue weighted by atomic mass is 16.6. The zero-order chi connectivity index (χ0) is 47.6. The molecule has 0 bridgehead atoms. The maximum absolute atomic E-state index is 13.5. The Morgan fingerprint density at radius 3 is 1.75 bits per heavy atom. The lowest BCUT2D eigenvalue weighted by molar-refractivity contribution is -0.137. The van der Waals surface area contributed by atoms with E-state index in [9.17, 15) is 24.0 Å². The SMILES string of the molecule is C=C/C=C(/NC(=O)/C(=C/CCCN=C(NC(=O)OC(C)(C)C)NC(=O)OC(C)(C)C)NC(=O)CCCOc1ccc2ccccc2c1-c1c(OCC=C)ccc2ccccc12)C(=O)OC. The number of fused-ring (bicyclic) bond motifs is 2. The number of nitrogens with zero attached hydrogens (tertiary/aromatic N) is 1. The lowest BCUT2D eigenvalue weighted by Gasteiger charge is -2.22. The Morgan fingerprint density at radius 1 is 0.677 bits per heavy atom. The predicted molar refractivity (Wildman–Crippen MR) is 252 cm³/mol. The third-order valence-electron chi connectivity index (χ3n) is 8.87. The van der Waals surface area contributed by atoms with Crippen LogP contribution in [0.5, 0.6) is 11.5 Å². The molecule has 0 heterocycles. The van der Waals surface area contributed by atoms with Gasteiger partial charge in [0.2, 0.25) is 11.9 Å². The first-order chi connectivity index (χ1) is 30.9. The number of unbranched alkanes of at least 4 members (excludes halogenated alkanes) is 1. The van der Waals surface area contributed by atoms with E-state index in [1.54, 1.807) is 47.6 Å². The number of hydrogen-bond acceptors (Lipinski definition) is 11. The number of esters is 1. The molecule has 15 heteroatoms. The van der Waals surface area contributed by atoms with Gasteiger partial charge in [0, 0.05) is 24.1 Å². The van der Waals surface area contributed by atoms with Crippen LogP contribution in [0, 0.1) is 0 Å². The first-order valence-corrected chi connectivity index (χ1v) is 21.1. The van der Waals surface area contributed by atoms with Gasteiger partial charge in [0.1, 0.15) is 40.7 Å². The van der Waals surface area contributed by atoms with Crippen LogP contribution in [0.1, 0.15) is 67.2 Å². The van der Waals surface area contributed by atoms with Gasteiger partial charge in [0.25, 0.3) is 5.91 Å². The first kappa shape index (κ1) is 50.2. The molecule has 4 aromatic rings. The van der Waals surface area contributed by atoms with Gasteiger partial charge in [-0.25, -0.2) is 14.4 Å². The number of hydrogen-bond donors (Lipinski definition) is 4. The van der Waals surface area contributed by atoms with Crippen LogP contribution in [-0.4, -0.2) is 74.0 Å². The Hall–Kier alpha value is -7.42. The van der Waals surface area contributed by atoms with Crippen molar-refractivity contribution in [2.24, 2.45) is 4.99 Å². The third-order valence-corrected chi connectivity index (χ3v) is 8.87. The number of amides is 4. The number of benzene rings is 4. The highest BCUT2D eigenvalue weighted by molar-refractivity contribution is 6.10. The van der Waals surface area contributed by atoms with E-state index in [4.69, 9.17) is 23.7 Å². The number of carbonyl (C=O) groups excluding carboxylic acids is 5. The molecule has 4 aromatic carbocycles. The molecule has 0 aromatic heterocycles. The highest BCUT2D eigenvalue weighted by Crippen LogP contribution is 2.45. The van der Waals surface area contributed by atoms with Gasteiger partial charge < -0.3 is 34.3 Å². The minimum Gasteiger partial charge on any atom is -0.493 e. The van der Waals surface area contributed by atoms with Gasteiger partial charge in [-0.15, -0.1) is 0 Å². The fraction of sp³-hybridized carbons (Fsp3) is 0.320. The lowest BCUT2D eigenvalue weighted by Crippen LogP contribution is -2.47. The second kappa shape index (κ2) is 23.9. The van der Waals surface area contributed by atoms with Gasteiger partial charge in [-0.3, -0.25) is 25.2 Å². The Balaban J connectivity index is 1.52. The van der Waals surface area contributed by atoms with Crippen molar-refractivity contribution in [1.29, 1.82) is 0 Å². The van der Waals surface area contributed by atoms with Crippen LogP contribution >= 0.6 is 0 Å². The third kappa shape index (κ3) is 16.0. The fourth-order valence-corrected chi connectivity index (χ4v) is 6.25. The molecule has 65 heavy (non-hydrogen) atoms. The largest absolute Gasteiger partial charge is 0.493 e. The van der Waals surface area contributed by atoms with Crippen molar-refractivity contribution in [3.63, 3.8) is 0 Å². The van der Waals surface area contributed by atoms with Crippen molar-refractivity contribution >= 4 is 57.5 Å². The molecule has 0 saturated heterocycles. The number of ether oxygens (including phenoxy) is 5. The molecule has 0 aliphatic carbocycles. The summed E-state index contributed by atoms with van der Waals surface area (Å²) in [5.74, 6) is -1.05. The number of alkyl carbamates (subject to hydrolysis) is 2. The quantitative estimate of drug-likeness (QED) is 0.0110. The molecule has 4 rings (SSSR count). The molecule has 0 aliphatic heterocycles. The van der Waals surface area contributed by atoms with E-state index in [1.807, 2.05) is 72.8 Å². The monoisotopic (exact) mass is 889 g/mol. The Bertz CT molecular complexity index is 2440. The molecule has 0 saturated carbocycles. The topological polar surface area (TPSA) is 192 Å². The van der Waals surface area contributed by atoms with Crippen LogP contribution in [0.3, 0.4) is 0 Å². The molecule has 0 spiro atoms. The number of allylic oxidation sites excluding steroid dienone is 3. The van der Waals surface area contributed by atoms with E-state index in [1.165, 1.54) is 18.2 Å². The molecular formula is C50H59N5O10. The summed E-state index contributed by atoms with van der Waals surface area (Å²) >= 11 is 0. The van der Waals surface area contributed by atoms with E-state index in [-0.39, 0.29) is 56.2 Å². The van der Waals surface area contributed by atoms with Crippen LogP contribution in [0.25, 0.3) is 32.7 Å². The average molecular weight is 890 g/mol. The zero-order valence-corrected chi connectivity index (χ0v) is 38.1. The van der Waals surface area contributed by atoms with E-state index < -0.39 is 41.2 Å². The standard InChI is InChI=1S/C50H59N5O10/c1-10-19-38(45(58)61-9)53-44(57)37(24-16-17-30-51-46(54-47(59)64-49(3,4)5)55-48(60)65-50(6,7)8)52-41(56)25-18-32-63-40-29-27-34-21-13-15-23-36(34)43(40)42-35-22-14-12-20-33(35)26-28-39(42)62-31-11-2/h10-15,19-24,26-29H,1-2,16-18,25,30-32H2,3-9H3,(H,52,56)(H,53,57)(H2,51,54,55,59,60)/b37-24-,38-19+. The summed E-state index contributed by atoms with van der Waals surface area (Å²) in [4.78, 5) is 68.7. The van der Waals surface area contributed by atoms with E-state index >= 15 is 0 Å². The predicted octanol–water partition coefficient (Wildman–Crippen LogP) is 8.93. The summed E-state index contributed by atoms with van der Waals surface area (Å²) in [6, 6.07) is 23.9. The maximum atomic E-state index is 13.5. The van der Waals surface area contributed by atoms with Crippen molar-refractivity contribution in [2.45, 2.75) is 78.4 Å². The minimum atomic E-state index is -0.848. The molecule has 0 fully saturated rings. The molecule has 344 valence electrons. The Morgan fingerprint density at radius 2 is 1.23 bits per heavy atom. The number of nitrogens with one attached hydrogen (secondary N) is 4. The number of aliphatic imine (C=N–C) groups is 1. The fourth-order valence-electron chi connectivity index (χ4n) is 6.25. The first-order valence-electron chi connectivity index (χ1n) is 21.1. The van der Waals surface area contributed by atoms with Gasteiger partial charge in [-0.2, -0.15) is 0 Å². The number of rotatable bonds is 18. The lowest BCUT2D eigenvalue weighted by atomic mass is 9.92.